The number of halogens is 1. The van der Waals surface area contributed by atoms with Crippen molar-refractivity contribution in [3.63, 3.8) is 0 Å². The second-order valence-corrected chi connectivity index (χ2v) is 6.61. The molecule has 3 nitrogen and oxygen atoms in total. The molecule has 1 aromatic rings. The van der Waals surface area contributed by atoms with Gasteiger partial charge in [-0.1, -0.05) is 12.1 Å². The Bertz CT molecular complexity index is 514. The van der Waals surface area contributed by atoms with Gasteiger partial charge in [-0.15, -0.1) is 0 Å². The van der Waals surface area contributed by atoms with Crippen LogP contribution in [0, 0.1) is 11.7 Å². The summed E-state index contributed by atoms with van der Waals surface area (Å²) in [7, 11) is 0. The van der Waals surface area contributed by atoms with E-state index in [1.54, 1.807) is 12.1 Å². The maximum absolute atomic E-state index is 13.3. The molecule has 0 spiro atoms. The summed E-state index contributed by atoms with van der Waals surface area (Å²) in [5, 5.41) is 3.35. The van der Waals surface area contributed by atoms with Crippen molar-refractivity contribution in [2.75, 3.05) is 19.6 Å². The van der Waals surface area contributed by atoms with E-state index in [0.717, 1.165) is 50.9 Å². The highest BCUT2D eigenvalue weighted by molar-refractivity contribution is 5.76. The third kappa shape index (κ3) is 3.86. The Kier molecular flexibility index (Phi) is 5.08. The van der Waals surface area contributed by atoms with Crippen molar-refractivity contribution < 1.29 is 9.18 Å². The zero-order chi connectivity index (χ0) is 15.4. The summed E-state index contributed by atoms with van der Waals surface area (Å²) in [6.45, 7) is 3.01. The summed E-state index contributed by atoms with van der Waals surface area (Å²) in [4.78, 5) is 14.5. The van der Waals surface area contributed by atoms with Crippen LogP contribution in [0.25, 0.3) is 0 Å². The third-order valence-electron chi connectivity index (χ3n) is 4.99. The molecule has 0 bridgehead atoms. The molecule has 1 N–H and O–H groups in total. The van der Waals surface area contributed by atoms with Gasteiger partial charge < -0.3 is 10.2 Å². The number of rotatable bonds is 5. The van der Waals surface area contributed by atoms with Crippen molar-refractivity contribution in [3.05, 3.63) is 35.6 Å². The average Bonchev–Trinajstić information content (AvgIpc) is 3.16. The molecule has 2 aliphatic heterocycles. The summed E-state index contributed by atoms with van der Waals surface area (Å²) < 4.78 is 13.3. The van der Waals surface area contributed by atoms with Crippen molar-refractivity contribution in [2.45, 2.75) is 44.6 Å². The molecule has 4 heteroatoms. The number of nitrogens with one attached hydrogen (secondary N) is 1. The second kappa shape index (κ2) is 7.23. The van der Waals surface area contributed by atoms with Gasteiger partial charge in [0.15, 0.2) is 0 Å². The Balaban J connectivity index is 1.54. The van der Waals surface area contributed by atoms with Crippen molar-refractivity contribution in [3.8, 4) is 0 Å². The van der Waals surface area contributed by atoms with Gasteiger partial charge in [-0.3, -0.25) is 4.79 Å². The minimum Gasteiger partial charge on any atom is -0.339 e. The van der Waals surface area contributed by atoms with Crippen LogP contribution < -0.4 is 5.32 Å². The standard InChI is InChI=1S/C18H25FN2O/c19-16-4-1-3-15(11-16)12-17-5-2-10-21(17)18(22)7-6-14-8-9-20-13-14/h1,3-4,11,14,17,20H,2,5-10,12-13H2. The molecule has 0 saturated carbocycles. The molecule has 1 amide bonds. The topological polar surface area (TPSA) is 32.3 Å². The number of likely N-dealkylation sites (tertiary alicyclic amines) is 1. The van der Waals surface area contributed by atoms with E-state index in [1.807, 2.05) is 11.0 Å². The van der Waals surface area contributed by atoms with Gasteiger partial charge in [-0.2, -0.15) is 0 Å². The Hall–Kier alpha value is -1.42. The van der Waals surface area contributed by atoms with Crippen LogP contribution in [0.5, 0.6) is 0 Å². The summed E-state index contributed by atoms with van der Waals surface area (Å²) in [6.07, 6.45) is 5.72. The molecule has 2 unspecified atom stereocenters. The molecular formula is C18H25FN2O. The van der Waals surface area contributed by atoms with Crippen LogP contribution in [0.1, 0.15) is 37.7 Å². The number of carbonyl (C=O) groups is 1. The lowest BCUT2D eigenvalue weighted by atomic mass is 10.0. The first-order chi connectivity index (χ1) is 10.7. The molecule has 22 heavy (non-hydrogen) atoms. The lowest BCUT2D eigenvalue weighted by molar-refractivity contribution is -0.132. The van der Waals surface area contributed by atoms with Gasteiger partial charge in [0, 0.05) is 19.0 Å². The van der Waals surface area contributed by atoms with Crippen LogP contribution in [0.4, 0.5) is 4.39 Å². The molecule has 1 aromatic carbocycles. The number of nitrogens with zero attached hydrogens (tertiary/aromatic N) is 1. The Labute approximate surface area is 131 Å². The minimum absolute atomic E-state index is 0.192. The van der Waals surface area contributed by atoms with Gasteiger partial charge in [0.05, 0.1) is 0 Å². The number of hydrogen-bond donors (Lipinski definition) is 1. The lowest BCUT2D eigenvalue weighted by Crippen LogP contribution is -2.37. The summed E-state index contributed by atoms with van der Waals surface area (Å²) in [5.74, 6) is 0.751. The van der Waals surface area contributed by atoms with Crippen LogP contribution in [0.15, 0.2) is 24.3 Å². The fourth-order valence-electron chi connectivity index (χ4n) is 3.74. The summed E-state index contributed by atoms with van der Waals surface area (Å²) in [5.41, 5.74) is 0.990. The fourth-order valence-corrected chi connectivity index (χ4v) is 3.74. The first-order valence-corrected chi connectivity index (χ1v) is 8.47. The molecule has 2 heterocycles. The van der Waals surface area contributed by atoms with Crippen molar-refractivity contribution in [1.82, 2.24) is 10.2 Å². The third-order valence-corrected chi connectivity index (χ3v) is 4.99. The molecule has 2 saturated heterocycles. The largest absolute Gasteiger partial charge is 0.339 e. The lowest BCUT2D eigenvalue weighted by Gasteiger charge is -2.25. The highest BCUT2D eigenvalue weighted by Crippen LogP contribution is 2.24. The zero-order valence-corrected chi connectivity index (χ0v) is 13.1. The first-order valence-electron chi connectivity index (χ1n) is 8.47. The molecule has 120 valence electrons. The Morgan fingerprint density at radius 3 is 3.05 bits per heavy atom. The highest BCUT2D eigenvalue weighted by atomic mass is 19.1. The molecule has 0 radical (unpaired) electrons. The molecule has 0 aromatic heterocycles. The van der Waals surface area contributed by atoms with Gasteiger partial charge in [0.25, 0.3) is 0 Å². The number of hydrogen-bond acceptors (Lipinski definition) is 2. The smallest absolute Gasteiger partial charge is 0.222 e. The predicted molar refractivity (Wildman–Crippen MR) is 85.0 cm³/mol. The second-order valence-electron chi connectivity index (χ2n) is 6.61. The fraction of sp³-hybridized carbons (Fsp3) is 0.611. The molecule has 0 aliphatic carbocycles. The van der Waals surface area contributed by atoms with Gasteiger partial charge in [-0.25, -0.2) is 4.39 Å². The van der Waals surface area contributed by atoms with Crippen LogP contribution >= 0.6 is 0 Å². The van der Waals surface area contributed by atoms with Crippen molar-refractivity contribution in [2.24, 2.45) is 5.92 Å². The molecule has 3 rings (SSSR count). The number of benzene rings is 1. The van der Waals surface area contributed by atoms with Gasteiger partial charge in [0.1, 0.15) is 5.82 Å². The van der Waals surface area contributed by atoms with Crippen LogP contribution in [0.3, 0.4) is 0 Å². The van der Waals surface area contributed by atoms with E-state index < -0.39 is 0 Å². The van der Waals surface area contributed by atoms with Gasteiger partial charge >= 0.3 is 0 Å². The monoisotopic (exact) mass is 304 g/mol. The van der Waals surface area contributed by atoms with E-state index in [4.69, 9.17) is 0 Å². The molecular weight excluding hydrogens is 279 g/mol. The zero-order valence-electron chi connectivity index (χ0n) is 13.1. The normalized spacial score (nSPS) is 24.9. The SMILES string of the molecule is O=C(CCC1CCNC1)N1CCCC1Cc1cccc(F)c1. The van der Waals surface area contributed by atoms with E-state index in [2.05, 4.69) is 5.32 Å². The van der Waals surface area contributed by atoms with Gasteiger partial charge in [0.2, 0.25) is 5.91 Å². The van der Waals surface area contributed by atoms with Crippen molar-refractivity contribution in [1.29, 1.82) is 0 Å². The Morgan fingerprint density at radius 1 is 1.36 bits per heavy atom. The van der Waals surface area contributed by atoms with E-state index >= 15 is 0 Å². The van der Waals surface area contributed by atoms with Crippen LogP contribution in [0.2, 0.25) is 0 Å². The maximum Gasteiger partial charge on any atom is 0.222 e. The van der Waals surface area contributed by atoms with E-state index in [9.17, 15) is 9.18 Å². The minimum atomic E-state index is -0.192. The van der Waals surface area contributed by atoms with E-state index in [0.29, 0.717) is 12.3 Å². The summed E-state index contributed by atoms with van der Waals surface area (Å²) in [6, 6.07) is 7.01. The van der Waals surface area contributed by atoms with Gasteiger partial charge in [-0.05, 0) is 68.8 Å². The maximum atomic E-state index is 13.3. The van der Waals surface area contributed by atoms with E-state index in [1.165, 1.54) is 12.5 Å². The van der Waals surface area contributed by atoms with Crippen molar-refractivity contribution >= 4 is 5.91 Å². The Morgan fingerprint density at radius 2 is 2.27 bits per heavy atom. The molecule has 2 fully saturated rings. The van der Waals surface area contributed by atoms with Crippen LogP contribution in [-0.4, -0.2) is 36.5 Å². The molecule has 2 atom stereocenters. The average molecular weight is 304 g/mol. The van der Waals surface area contributed by atoms with E-state index in [-0.39, 0.29) is 17.8 Å². The highest BCUT2D eigenvalue weighted by Gasteiger charge is 2.29. The van der Waals surface area contributed by atoms with Crippen LogP contribution in [-0.2, 0) is 11.2 Å². The first kappa shape index (κ1) is 15.5. The molecule has 2 aliphatic rings. The quantitative estimate of drug-likeness (QED) is 0.907. The predicted octanol–water partition coefficient (Wildman–Crippen LogP) is 2.75. The number of carbonyl (C=O) groups excluding carboxylic acids is 1. The summed E-state index contributed by atoms with van der Waals surface area (Å²) >= 11 is 0. The number of amides is 1.